The maximum Gasteiger partial charge on any atom is 0.356 e. The summed E-state index contributed by atoms with van der Waals surface area (Å²) < 4.78 is 19.2. The first kappa shape index (κ1) is 19.6. The van der Waals surface area contributed by atoms with Crippen molar-refractivity contribution in [2.24, 2.45) is 0 Å². The zero-order valence-corrected chi connectivity index (χ0v) is 17.7. The zero-order chi connectivity index (χ0) is 21.6. The molecule has 5 rings (SSSR count). The van der Waals surface area contributed by atoms with Crippen LogP contribution in [0, 0.1) is 0 Å². The summed E-state index contributed by atoms with van der Waals surface area (Å²) in [5.41, 5.74) is 4.84. The smallest absolute Gasteiger partial charge is 0.356 e. The van der Waals surface area contributed by atoms with E-state index in [1.807, 2.05) is 48.5 Å². The molecule has 6 heteroatoms. The first-order valence-electron chi connectivity index (χ1n) is 9.80. The first-order chi connectivity index (χ1) is 15.0. The summed E-state index contributed by atoms with van der Waals surface area (Å²) in [7, 11) is -2.62. The van der Waals surface area contributed by atoms with Gasteiger partial charge in [-0.3, -0.25) is 4.57 Å². The third-order valence-electron chi connectivity index (χ3n) is 5.52. The highest BCUT2D eigenvalue weighted by atomic mass is 31.2. The number of fused-ring (bicyclic) bond motifs is 3. The molecule has 5 aromatic rings. The topological polar surface area (TPSA) is 71.7 Å². The van der Waals surface area contributed by atoms with Crippen LogP contribution in [0.2, 0.25) is 0 Å². The highest BCUT2D eigenvalue weighted by molar-refractivity contribution is 7.60. The van der Waals surface area contributed by atoms with E-state index in [2.05, 4.69) is 28.8 Å². The molecule has 31 heavy (non-hydrogen) atoms. The molecule has 2 N–H and O–H groups in total. The Morgan fingerprint density at radius 1 is 0.742 bits per heavy atom. The number of ether oxygens (including phenoxy) is 1. The Balaban J connectivity index is 1.64. The van der Waals surface area contributed by atoms with E-state index in [0.29, 0.717) is 0 Å². The molecule has 0 aliphatic carbocycles. The average Bonchev–Trinajstić information content (AvgIpc) is 3.12. The van der Waals surface area contributed by atoms with Gasteiger partial charge in [-0.05, 0) is 59.7 Å². The summed E-state index contributed by atoms with van der Waals surface area (Å²) in [6, 6.07) is 28.8. The minimum absolute atomic E-state index is 0.0189. The van der Waals surface area contributed by atoms with Crippen LogP contribution in [0.1, 0.15) is 0 Å². The van der Waals surface area contributed by atoms with Gasteiger partial charge < -0.3 is 19.1 Å². The van der Waals surface area contributed by atoms with Crippen molar-refractivity contribution in [3.63, 3.8) is 0 Å². The van der Waals surface area contributed by atoms with Crippen LogP contribution in [0.15, 0.2) is 91.0 Å². The van der Waals surface area contributed by atoms with Crippen LogP contribution in [0.5, 0.6) is 5.75 Å². The van der Waals surface area contributed by atoms with Crippen molar-refractivity contribution in [1.82, 2.24) is 4.57 Å². The number of para-hydroxylation sites is 1. The first-order valence-corrected chi connectivity index (χ1v) is 11.4. The van der Waals surface area contributed by atoms with Gasteiger partial charge in [-0.15, -0.1) is 0 Å². The van der Waals surface area contributed by atoms with Gasteiger partial charge in [0, 0.05) is 16.5 Å². The summed E-state index contributed by atoms with van der Waals surface area (Å²) >= 11 is 0. The quantitative estimate of drug-likeness (QED) is 0.382. The SMILES string of the molecule is COc1ccc2c(c1)c1ccccc1n2-c1ccc(-c2cccc(P(=O)(O)O)c2)cc1. The Hall–Kier alpha value is -3.37. The van der Waals surface area contributed by atoms with E-state index in [-0.39, 0.29) is 5.30 Å². The Morgan fingerprint density at radius 3 is 2.23 bits per heavy atom. The maximum absolute atomic E-state index is 11.6. The van der Waals surface area contributed by atoms with Gasteiger partial charge in [0.15, 0.2) is 0 Å². The second kappa shape index (κ2) is 7.40. The zero-order valence-electron chi connectivity index (χ0n) is 16.8. The monoisotopic (exact) mass is 429 g/mol. The van der Waals surface area contributed by atoms with E-state index in [0.717, 1.165) is 44.4 Å². The molecule has 1 aromatic heterocycles. The molecule has 0 spiro atoms. The van der Waals surface area contributed by atoms with E-state index in [1.165, 1.54) is 6.07 Å². The summed E-state index contributed by atoms with van der Waals surface area (Å²) in [4.78, 5) is 18.9. The van der Waals surface area contributed by atoms with Crippen LogP contribution >= 0.6 is 7.60 Å². The molecule has 0 saturated carbocycles. The van der Waals surface area contributed by atoms with Crippen molar-refractivity contribution >= 4 is 34.7 Å². The molecule has 5 nitrogen and oxygen atoms in total. The summed E-state index contributed by atoms with van der Waals surface area (Å²) in [6.45, 7) is 0. The third kappa shape index (κ3) is 3.43. The van der Waals surface area contributed by atoms with Crippen LogP contribution in [0.25, 0.3) is 38.6 Å². The molecule has 0 fully saturated rings. The van der Waals surface area contributed by atoms with Crippen molar-refractivity contribution in [3.8, 4) is 22.6 Å². The van der Waals surface area contributed by atoms with Crippen molar-refractivity contribution in [2.45, 2.75) is 0 Å². The third-order valence-corrected chi connectivity index (χ3v) is 6.47. The number of benzene rings is 4. The molecular formula is C25H20NO4P. The molecule has 154 valence electrons. The Kier molecular flexibility index (Phi) is 4.67. The Morgan fingerprint density at radius 2 is 1.48 bits per heavy atom. The molecule has 0 saturated heterocycles. The second-order valence-corrected chi connectivity index (χ2v) is 8.98. The fraction of sp³-hybridized carbons (Fsp3) is 0.0400. The highest BCUT2D eigenvalue weighted by Gasteiger charge is 2.17. The minimum Gasteiger partial charge on any atom is -0.497 e. The van der Waals surface area contributed by atoms with E-state index >= 15 is 0 Å². The maximum atomic E-state index is 11.6. The lowest BCUT2D eigenvalue weighted by molar-refractivity contribution is 0.387. The Labute approximate surface area is 179 Å². The molecule has 0 bridgehead atoms. The van der Waals surface area contributed by atoms with E-state index in [4.69, 9.17) is 4.74 Å². The van der Waals surface area contributed by atoms with Gasteiger partial charge >= 0.3 is 7.60 Å². The number of methoxy groups -OCH3 is 1. The number of rotatable bonds is 4. The van der Waals surface area contributed by atoms with Crippen LogP contribution in [-0.2, 0) is 4.57 Å². The molecule has 0 unspecified atom stereocenters. The van der Waals surface area contributed by atoms with Crippen LogP contribution in [0.3, 0.4) is 0 Å². The van der Waals surface area contributed by atoms with E-state index in [1.54, 1.807) is 19.2 Å². The summed E-state index contributed by atoms with van der Waals surface area (Å²) in [6.07, 6.45) is 0. The van der Waals surface area contributed by atoms with Crippen molar-refractivity contribution in [1.29, 1.82) is 0 Å². The van der Waals surface area contributed by atoms with E-state index < -0.39 is 7.60 Å². The van der Waals surface area contributed by atoms with Gasteiger partial charge in [-0.25, -0.2) is 0 Å². The number of nitrogens with zero attached hydrogens (tertiary/aromatic N) is 1. The standard InChI is InChI=1S/C25H20NO4P/c1-30-20-13-14-25-23(16-20)22-7-2-3-8-24(22)26(25)19-11-9-17(10-12-19)18-5-4-6-21(15-18)31(27,28)29/h2-16H,1H3,(H2,27,28,29). The van der Waals surface area contributed by atoms with Crippen molar-refractivity contribution in [2.75, 3.05) is 7.11 Å². The van der Waals surface area contributed by atoms with Gasteiger partial charge in [0.2, 0.25) is 0 Å². The number of hydrogen-bond acceptors (Lipinski definition) is 2. The van der Waals surface area contributed by atoms with Crippen LogP contribution in [-0.4, -0.2) is 21.5 Å². The van der Waals surface area contributed by atoms with Gasteiger partial charge in [0.1, 0.15) is 5.75 Å². The molecule has 1 heterocycles. The fourth-order valence-electron chi connectivity index (χ4n) is 4.03. The highest BCUT2D eigenvalue weighted by Crippen LogP contribution is 2.36. The fourth-order valence-corrected chi connectivity index (χ4v) is 4.61. The molecule has 0 amide bonds. The van der Waals surface area contributed by atoms with Crippen LogP contribution < -0.4 is 10.0 Å². The van der Waals surface area contributed by atoms with Gasteiger partial charge in [0.05, 0.1) is 23.4 Å². The Bertz CT molecular complexity index is 1460. The summed E-state index contributed by atoms with van der Waals surface area (Å²) in [5, 5.41) is 2.29. The normalized spacial score (nSPS) is 11.8. The second-order valence-electron chi connectivity index (χ2n) is 7.38. The molecule has 0 radical (unpaired) electrons. The predicted octanol–water partition coefficient (Wildman–Crippen LogP) is 5.26. The van der Waals surface area contributed by atoms with Gasteiger partial charge in [-0.2, -0.15) is 0 Å². The average molecular weight is 429 g/mol. The number of aromatic nitrogens is 1. The molecule has 4 aromatic carbocycles. The molecule has 0 aliphatic heterocycles. The lowest BCUT2D eigenvalue weighted by Gasteiger charge is -2.10. The lowest BCUT2D eigenvalue weighted by Crippen LogP contribution is -2.03. The van der Waals surface area contributed by atoms with Crippen LogP contribution in [0.4, 0.5) is 0 Å². The van der Waals surface area contributed by atoms with E-state index in [9.17, 15) is 14.4 Å². The molecule has 0 atom stereocenters. The van der Waals surface area contributed by atoms with Crippen molar-refractivity contribution in [3.05, 3.63) is 91.0 Å². The summed E-state index contributed by atoms with van der Waals surface area (Å²) in [5.74, 6) is 0.815. The molecule has 0 aliphatic rings. The minimum atomic E-state index is -4.29. The van der Waals surface area contributed by atoms with Gasteiger partial charge in [-0.1, -0.05) is 42.5 Å². The van der Waals surface area contributed by atoms with Gasteiger partial charge in [0.25, 0.3) is 0 Å². The molecular weight excluding hydrogens is 409 g/mol. The largest absolute Gasteiger partial charge is 0.497 e. The van der Waals surface area contributed by atoms with Crippen molar-refractivity contribution < 1.29 is 19.1 Å². The predicted molar refractivity (Wildman–Crippen MR) is 124 cm³/mol. The number of hydrogen-bond donors (Lipinski definition) is 2. The lowest BCUT2D eigenvalue weighted by atomic mass is 10.1.